The Balaban J connectivity index is 0.000000660. The zero-order valence-corrected chi connectivity index (χ0v) is 15.9. The van der Waals surface area contributed by atoms with Gasteiger partial charge < -0.3 is 15.7 Å². The summed E-state index contributed by atoms with van der Waals surface area (Å²) in [5.74, 6) is -1.02. The van der Waals surface area contributed by atoms with E-state index in [2.05, 4.69) is 10.0 Å². The summed E-state index contributed by atoms with van der Waals surface area (Å²) >= 11 is 0. The zero-order chi connectivity index (χ0) is 19.7. The van der Waals surface area contributed by atoms with Gasteiger partial charge in [0.05, 0.1) is 6.42 Å². The molecule has 4 N–H and O–H groups in total. The van der Waals surface area contributed by atoms with E-state index in [-0.39, 0.29) is 18.7 Å². The fourth-order valence-electron chi connectivity index (χ4n) is 2.09. The quantitative estimate of drug-likeness (QED) is 0.165. The Kier molecular flexibility index (Phi) is 14.3. The fourth-order valence-corrected chi connectivity index (χ4v) is 3.57. The van der Waals surface area contributed by atoms with Crippen LogP contribution in [0.3, 0.4) is 0 Å². The van der Waals surface area contributed by atoms with E-state index in [1.807, 2.05) is 30.3 Å². The van der Waals surface area contributed by atoms with Gasteiger partial charge in [0, 0.05) is 23.8 Å². The highest BCUT2D eigenvalue weighted by Crippen LogP contribution is 2.42. The lowest BCUT2D eigenvalue weighted by atomic mass is 10.1. The van der Waals surface area contributed by atoms with E-state index in [9.17, 15) is 14.3 Å². The molecule has 0 fully saturated rings. The van der Waals surface area contributed by atoms with Crippen molar-refractivity contribution < 1.29 is 19.4 Å². The van der Waals surface area contributed by atoms with Crippen molar-refractivity contribution in [3.8, 4) is 0 Å². The van der Waals surface area contributed by atoms with Gasteiger partial charge in [-0.3, -0.25) is 9.36 Å². The van der Waals surface area contributed by atoms with Crippen LogP contribution in [0.25, 0.3) is 10.4 Å². The summed E-state index contributed by atoms with van der Waals surface area (Å²) in [5.41, 5.74) is 14.2. The van der Waals surface area contributed by atoms with E-state index in [4.69, 9.17) is 16.4 Å². The highest BCUT2D eigenvalue weighted by molar-refractivity contribution is 7.58. The standard InChI is InChI=1S/C13H19O4P.C4H10N4/c14-13(15)9-11-18(16,17)10-5-4-8-12-6-2-1-3-7-12;5-3-1-2-4-7-8-6/h1-3,6-7H,4-5,8-11H2,(H,14,15)(H,16,17);1-5H2. The maximum atomic E-state index is 11.6. The van der Waals surface area contributed by atoms with Crippen molar-refractivity contribution in [1.82, 2.24) is 0 Å². The number of rotatable bonds is 12. The Labute approximate surface area is 154 Å². The van der Waals surface area contributed by atoms with Crippen LogP contribution in [-0.4, -0.2) is 41.4 Å². The Morgan fingerprint density at radius 1 is 1.15 bits per heavy atom. The Morgan fingerprint density at radius 3 is 2.42 bits per heavy atom. The maximum absolute atomic E-state index is 11.6. The van der Waals surface area contributed by atoms with Crippen LogP contribution in [0, 0.1) is 0 Å². The van der Waals surface area contributed by atoms with Gasteiger partial charge in [-0.1, -0.05) is 35.4 Å². The number of unbranched alkanes of at least 4 members (excludes halogenated alkanes) is 2. The summed E-state index contributed by atoms with van der Waals surface area (Å²) < 4.78 is 11.6. The first-order valence-corrected chi connectivity index (χ1v) is 10.7. The van der Waals surface area contributed by atoms with E-state index in [1.54, 1.807) is 0 Å². The molecule has 0 amide bonds. The number of carboxylic acids is 1. The average Bonchev–Trinajstić information content (AvgIpc) is 2.62. The normalized spacial score (nSPS) is 12.2. The first kappa shape index (κ1) is 24.1. The number of benzene rings is 1. The number of azide groups is 1. The van der Waals surface area contributed by atoms with E-state index in [0.29, 0.717) is 19.5 Å². The van der Waals surface area contributed by atoms with Gasteiger partial charge in [0.2, 0.25) is 7.37 Å². The molecule has 1 atom stereocenters. The molecule has 0 radical (unpaired) electrons. The first-order valence-electron chi connectivity index (χ1n) is 8.69. The second-order valence-electron chi connectivity index (χ2n) is 5.83. The molecule has 1 aromatic carbocycles. The molecule has 1 aromatic rings. The molecule has 8 nitrogen and oxygen atoms in total. The third-order valence-electron chi connectivity index (χ3n) is 3.52. The van der Waals surface area contributed by atoms with Gasteiger partial charge in [-0.05, 0) is 49.7 Å². The lowest BCUT2D eigenvalue weighted by molar-refractivity contribution is -0.136. The molecule has 0 spiro atoms. The summed E-state index contributed by atoms with van der Waals surface area (Å²) in [6.45, 7) is 1.26. The smallest absolute Gasteiger partial charge is 0.303 e. The molecule has 1 rings (SSSR count). The highest BCUT2D eigenvalue weighted by atomic mass is 31.2. The topological polar surface area (TPSA) is 149 Å². The van der Waals surface area contributed by atoms with E-state index < -0.39 is 13.3 Å². The van der Waals surface area contributed by atoms with Crippen LogP contribution >= 0.6 is 7.37 Å². The summed E-state index contributed by atoms with van der Waals surface area (Å²) in [6, 6.07) is 9.96. The van der Waals surface area contributed by atoms with Crippen molar-refractivity contribution in [2.24, 2.45) is 10.8 Å². The van der Waals surface area contributed by atoms with Gasteiger partial charge in [0.15, 0.2) is 0 Å². The van der Waals surface area contributed by atoms with Crippen LogP contribution < -0.4 is 5.73 Å². The molecule has 0 aliphatic carbocycles. The second-order valence-corrected chi connectivity index (χ2v) is 8.42. The fraction of sp³-hybridized carbons (Fsp3) is 0.588. The first-order chi connectivity index (χ1) is 12.4. The predicted molar refractivity (Wildman–Crippen MR) is 103 cm³/mol. The molecule has 0 heterocycles. The number of nitrogens with zero attached hydrogens (tertiary/aromatic N) is 3. The third-order valence-corrected chi connectivity index (χ3v) is 5.45. The minimum atomic E-state index is -3.25. The van der Waals surface area contributed by atoms with Crippen LogP contribution in [0.15, 0.2) is 35.4 Å². The van der Waals surface area contributed by atoms with Crippen LogP contribution in [0.2, 0.25) is 0 Å². The van der Waals surface area contributed by atoms with Gasteiger partial charge in [-0.25, -0.2) is 0 Å². The molecular weight excluding hydrogens is 355 g/mol. The predicted octanol–water partition coefficient (Wildman–Crippen LogP) is 3.79. The summed E-state index contributed by atoms with van der Waals surface area (Å²) in [4.78, 5) is 22.5. The minimum absolute atomic E-state index is 0.117. The molecule has 0 aromatic heterocycles. The molecule has 1 unspecified atom stereocenters. The number of hydrogen-bond acceptors (Lipinski definition) is 4. The molecule has 0 aliphatic heterocycles. The van der Waals surface area contributed by atoms with Crippen LogP contribution in [0.5, 0.6) is 0 Å². The lowest BCUT2D eigenvalue weighted by Gasteiger charge is -2.09. The summed E-state index contributed by atoms with van der Waals surface area (Å²) in [6.07, 6.45) is 4.11. The lowest BCUT2D eigenvalue weighted by Crippen LogP contribution is -2.02. The van der Waals surface area contributed by atoms with Crippen LogP contribution in [-0.2, 0) is 15.8 Å². The van der Waals surface area contributed by atoms with Crippen molar-refractivity contribution in [1.29, 1.82) is 0 Å². The van der Waals surface area contributed by atoms with Crippen LogP contribution in [0.1, 0.15) is 37.7 Å². The summed E-state index contributed by atoms with van der Waals surface area (Å²) in [7, 11) is -3.25. The molecule has 146 valence electrons. The van der Waals surface area contributed by atoms with Gasteiger partial charge in [0.1, 0.15) is 0 Å². The molecule has 9 heteroatoms. The van der Waals surface area contributed by atoms with E-state index >= 15 is 0 Å². The Bertz CT molecular complexity index is 592. The highest BCUT2D eigenvalue weighted by Gasteiger charge is 2.18. The minimum Gasteiger partial charge on any atom is -0.481 e. The van der Waals surface area contributed by atoms with Crippen LogP contribution in [0.4, 0.5) is 0 Å². The molecule has 0 bridgehead atoms. The molecule has 26 heavy (non-hydrogen) atoms. The van der Waals surface area contributed by atoms with E-state index in [1.165, 1.54) is 5.56 Å². The zero-order valence-electron chi connectivity index (χ0n) is 15.0. The van der Waals surface area contributed by atoms with Crippen molar-refractivity contribution >= 4 is 13.3 Å². The number of carbonyl (C=O) groups is 1. The molecule has 0 saturated carbocycles. The molecular formula is C17H29N4O4P. The van der Waals surface area contributed by atoms with Gasteiger partial charge >= 0.3 is 5.97 Å². The molecule has 0 saturated heterocycles. The largest absolute Gasteiger partial charge is 0.481 e. The number of aliphatic carboxylic acids is 1. The van der Waals surface area contributed by atoms with Crippen molar-refractivity contribution in [2.75, 3.05) is 25.4 Å². The average molecular weight is 384 g/mol. The van der Waals surface area contributed by atoms with E-state index in [0.717, 1.165) is 25.7 Å². The summed E-state index contributed by atoms with van der Waals surface area (Å²) in [5, 5.41) is 11.8. The van der Waals surface area contributed by atoms with Crippen molar-refractivity contribution in [3.05, 3.63) is 46.3 Å². The number of aryl methyl sites for hydroxylation is 1. The van der Waals surface area contributed by atoms with Gasteiger partial charge in [-0.15, -0.1) is 0 Å². The van der Waals surface area contributed by atoms with Gasteiger partial charge in [0.25, 0.3) is 0 Å². The van der Waals surface area contributed by atoms with Crippen molar-refractivity contribution in [3.63, 3.8) is 0 Å². The molecule has 0 aliphatic rings. The Hall–Kier alpha value is -1.85. The monoisotopic (exact) mass is 384 g/mol. The van der Waals surface area contributed by atoms with Gasteiger partial charge in [-0.2, -0.15) is 0 Å². The second kappa shape index (κ2) is 15.4. The third kappa shape index (κ3) is 15.7. The Morgan fingerprint density at radius 2 is 1.85 bits per heavy atom. The number of carboxylic acid groups (broad SMARTS) is 1. The SMILES string of the molecule is O=C(O)CCP(=O)(O)CCCCc1ccccc1.[N-]=[N+]=NCCCCN. The number of hydrogen-bond donors (Lipinski definition) is 3. The van der Waals surface area contributed by atoms with Crippen molar-refractivity contribution in [2.45, 2.75) is 38.5 Å². The number of nitrogens with two attached hydrogens (primary N) is 1. The maximum Gasteiger partial charge on any atom is 0.303 e.